The predicted molar refractivity (Wildman–Crippen MR) is 119 cm³/mol. The van der Waals surface area contributed by atoms with Crippen LogP contribution in [0.4, 0.5) is 0 Å². The van der Waals surface area contributed by atoms with E-state index in [1.165, 1.54) is 6.42 Å². The highest BCUT2D eigenvalue weighted by Gasteiger charge is 2.61. The van der Waals surface area contributed by atoms with Crippen molar-refractivity contribution in [2.75, 3.05) is 6.61 Å². The van der Waals surface area contributed by atoms with Gasteiger partial charge in [0.15, 0.2) is 5.69 Å². The smallest absolute Gasteiger partial charge is 0.357 e. The maximum atomic E-state index is 12.8. The van der Waals surface area contributed by atoms with E-state index in [4.69, 9.17) is 4.74 Å². The molecule has 1 heterocycles. The second-order valence-electron chi connectivity index (χ2n) is 9.84. The highest BCUT2D eigenvalue weighted by atomic mass is 16.5. The summed E-state index contributed by atoms with van der Waals surface area (Å²) in [6, 6.07) is 9.22. The first-order valence-electron chi connectivity index (χ1n) is 11.1. The number of rotatable bonds is 5. The van der Waals surface area contributed by atoms with Crippen molar-refractivity contribution in [3.05, 3.63) is 52.8 Å². The first kappa shape index (κ1) is 21.5. The van der Waals surface area contributed by atoms with E-state index in [0.717, 1.165) is 18.4 Å². The van der Waals surface area contributed by atoms with Crippen molar-refractivity contribution in [3.8, 4) is 11.1 Å². The molecule has 2 aliphatic rings. The highest BCUT2D eigenvalue weighted by molar-refractivity contribution is 6.05. The number of hydrogen-bond acceptors (Lipinski definition) is 4. The molecule has 0 spiro atoms. The summed E-state index contributed by atoms with van der Waals surface area (Å²) in [5.41, 5.74) is 3.06. The van der Waals surface area contributed by atoms with E-state index >= 15 is 0 Å². The Morgan fingerprint density at radius 2 is 1.87 bits per heavy atom. The fourth-order valence-corrected chi connectivity index (χ4v) is 6.23. The second-order valence-corrected chi connectivity index (χ2v) is 9.84. The van der Waals surface area contributed by atoms with Gasteiger partial charge in [0.25, 0.3) is 0 Å². The van der Waals surface area contributed by atoms with E-state index in [2.05, 4.69) is 25.8 Å². The van der Waals surface area contributed by atoms with Crippen LogP contribution in [-0.2, 0) is 4.74 Å². The van der Waals surface area contributed by atoms with Crippen LogP contribution in [0.25, 0.3) is 11.1 Å². The second kappa shape index (κ2) is 7.47. The summed E-state index contributed by atoms with van der Waals surface area (Å²) in [7, 11) is 0. The summed E-state index contributed by atoms with van der Waals surface area (Å²) in [5, 5.41) is 10.4. The van der Waals surface area contributed by atoms with E-state index in [1.807, 2.05) is 37.3 Å². The van der Waals surface area contributed by atoms with Crippen molar-refractivity contribution >= 4 is 11.9 Å². The molecule has 2 aliphatic carbocycles. The lowest BCUT2D eigenvalue weighted by Gasteiger charge is -2.34. The Hall–Kier alpha value is -2.69. The minimum Gasteiger partial charge on any atom is -0.478 e. The molecule has 5 heteroatoms. The number of carbonyl (C=O) groups excluding carboxylic acids is 1. The normalized spacial score (nSPS) is 26.1. The molecule has 4 rings (SSSR count). The fourth-order valence-electron chi connectivity index (χ4n) is 6.23. The van der Waals surface area contributed by atoms with Gasteiger partial charge in [-0.25, -0.2) is 14.6 Å². The third-order valence-corrected chi connectivity index (χ3v) is 8.19. The van der Waals surface area contributed by atoms with Crippen LogP contribution in [0.5, 0.6) is 0 Å². The number of pyridine rings is 1. The lowest BCUT2D eigenvalue weighted by Crippen LogP contribution is -2.26. The molecule has 164 valence electrons. The Balaban J connectivity index is 2.00. The van der Waals surface area contributed by atoms with Gasteiger partial charge in [-0.05, 0) is 66.9 Å². The van der Waals surface area contributed by atoms with Crippen molar-refractivity contribution < 1.29 is 19.4 Å². The molecule has 0 saturated heterocycles. The molecule has 0 unspecified atom stereocenters. The highest BCUT2D eigenvalue weighted by Crippen LogP contribution is 2.70. The molecule has 2 fully saturated rings. The monoisotopic (exact) mass is 421 g/mol. The standard InChI is InChI=1S/C26H31NO4/c1-6-31-24(30)22-20(16-10-8-7-9-11-16)21(23(28)29)19(15(2)27-22)17-14-26(5)13-12-18(17)25(26,3)4/h7-11,17-18H,6,12-14H2,1-5H3,(H,28,29)/t17-,18-,26+/m1/s1. The molecule has 2 saturated carbocycles. The third-order valence-electron chi connectivity index (χ3n) is 8.19. The van der Waals surface area contributed by atoms with Gasteiger partial charge in [0, 0.05) is 11.3 Å². The Labute approximate surface area is 183 Å². The van der Waals surface area contributed by atoms with E-state index in [9.17, 15) is 14.7 Å². The number of aryl methyl sites for hydroxylation is 1. The number of aromatic nitrogens is 1. The molecule has 0 radical (unpaired) electrons. The number of aromatic carboxylic acids is 1. The van der Waals surface area contributed by atoms with Crippen LogP contribution in [0.2, 0.25) is 0 Å². The average molecular weight is 422 g/mol. The zero-order valence-electron chi connectivity index (χ0n) is 19.0. The van der Waals surface area contributed by atoms with Crippen LogP contribution in [-0.4, -0.2) is 28.6 Å². The molecule has 1 aromatic carbocycles. The first-order valence-corrected chi connectivity index (χ1v) is 11.1. The van der Waals surface area contributed by atoms with E-state index in [0.29, 0.717) is 22.7 Å². The van der Waals surface area contributed by atoms with Crippen molar-refractivity contribution in [2.24, 2.45) is 16.7 Å². The summed E-state index contributed by atoms with van der Waals surface area (Å²) >= 11 is 0. The first-order chi connectivity index (χ1) is 14.6. The van der Waals surface area contributed by atoms with Gasteiger partial charge >= 0.3 is 11.9 Å². The summed E-state index contributed by atoms with van der Waals surface area (Å²) in [6.07, 6.45) is 3.20. The van der Waals surface area contributed by atoms with Crippen molar-refractivity contribution in [1.29, 1.82) is 0 Å². The molecule has 5 nitrogen and oxygen atoms in total. The quantitative estimate of drug-likeness (QED) is 0.612. The summed E-state index contributed by atoms with van der Waals surface area (Å²) < 4.78 is 5.25. The van der Waals surface area contributed by atoms with E-state index in [1.54, 1.807) is 6.92 Å². The van der Waals surface area contributed by atoms with Crippen LogP contribution in [0, 0.1) is 23.7 Å². The molecule has 1 aromatic heterocycles. The number of benzene rings is 1. The van der Waals surface area contributed by atoms with Crippen molar-refractivity contribution in [1.82, 2.24) is 4.98 Å². The molecule has 0 amide bonds. The van der Waals surface area contributed by atoms with Gasteiger partial charge in [-0.2, -0.15) is 0 Å². The number of carboxylic acids is 1. The minimum absolute atomic E-state index is 0.0836. The van der Waals surface area contributed by atoms with Gasteiger partial charge in [0.2, 0.25) is 0 Å². The molecule has 0 aliphatic heterocycles. The molecule has 2 aromatic rings. The van der Waals surface area contributed by atoms with Crippen LogP contribution in [0.15, 0.2) is 30.3 Å². The topological polar surface area (TPSA) is 76.5 Å². The molecule has 31 heavy (non-hydrogen) atoms. The Bertz CT molecular complexity index is 1040. The number of nitrogens with zero attached hydrogens (tertiary/aromatic N) is 1. The minimum atomic E-state index is -1.02. The van der Waals surface area contributed by atoms with Gasteiger partial charge in [-0.1, -0.05) is 51.1 Å². The van der Waals surface area contributed by atoms with Gasteiger partial charge in [-0.15, -0.1) is 0 Å². The number of ether oxygens (including phenoxy) is 1. The number of fused-ring (bicyclic) bond motifs is 2. The molecule has 1 N–H and O–H groups in total. The Kier molecular flexibility index (Phi) is 5.19. The Morgan fingerprint density at radius 3 is 2.39 bits per heavy atom. The van der Waals surface area contributed by atoms with Gasteiger partial charge in [-0.3, -0.25) is 0 Å². The number of carboxylic acid groups (broad SMARTS) is 1. The largest absolute Gasteiger partial charge is 0.478 e. The number of carbonyl (C=O) groups is 2. The van der Waals surface area contributed by atoms with Crippen molar-refractivity contribution in [2.45, 2.75) is 59.8 Å². The summed E-state index contributed by atoms with van der Waals surface area (Å²) in [6.45, 7) is 10.7. The van der Waals surface area contributed by atoms with Gasteiger partial charge in [0.1, 0.15) is 0 Å². The van der Waals surface area contributed by atoms with Crippen LogP contribution >= 0.6 is 0 Å². The zero-order chi connectivity index (χ0) is 22.6. The average Bonchev–Trinajstić information content (AvgIpc) is 3.07. The Morgan fingerprint density at radius 1 is 1.19 bits per heavy atom. The van der Waals surface area contributed by atoms with Crippen LogP contribution in [0.3, 0.4) is 0 Å². The molecule has 3 atom stereocenters. The van der Waals surface area contributed by atoms with E-state index in [-0.39, 0.29) is 34.6 Å². The maximum absolute atomic E-state index is 12.8. The zero-order valence-corrected chi connectivity index (χ0v) is 19.0. The van der Waals surface area contributed by atoms with Crippen molar-refractivity contribution in [3.63, 3.8) is 0 Å². The van der Waals surface area contributed by atoms with Gasteiger partial charge in [0.05, 0.1) is 12.2 Å². The van der Waals surface area contributed by atoms with E-state index < -0.39 is 11.9 Å². The summed E-state index contributed by atoms with van der Waals surface area (Å²) in [5.74, 6) is -1.09. The third kappa shape index (κ3) is 3.17. The number of esters is 1. The molecular formula is C26H31NO4. The van der Waals surface area contributed by atoms with Crippen LogP contribution in [0.1, 0.15) is 85.0 Å². The SMILES string of the molecule is CCOC(=O)c1nc(C)c([C@@H]2C[C@]3(C)CC[C@H]2C3(C)C)c(C(=O)O)c1-c1ccccc1. The van der Waals surface area contributed by atoms with Crippen LogP contribution < -0.4 is 0 Å². The molecule has 2 bridgehead atoms. The summed E-state index contributed by atoms with van der Waals surface area (Å²) in [4.78, 5) is 30.2. The predicted octanol–water partition coefficient (Wildman–Crippen LogP) is 5.86. The molecular weight excluding hydrogens is 390 g/mol. The maximum Gasteiger partial charge on any atom is 0.357 e. The lowest BCUT2D eigenvalue weighted by atomic mass is 9.71. The fraction of sp³-hybridized carbons (Fsp3) is 0.500. The number of hydrogen-bond donors (Lipinski definition) is 1. The lowest BCUT2D eigenvalue weighted by molar-refractivity contribution is 0.0520. The van der Waals surface area contributed by atoms with Gasteiger partial charge < -0.3 is 9.84 Å².